The van der Waals surface area contributed by atoms with Crippen molar-refractivity contribution in [3.05, 3.63) is 96.2 Å². The summed E-state index contributed by atoms with van der Waals surface area (Å²) in [6.45, 7) is 1.36. The molecule has 0 heterocycles. The van der Waals surface area contributed by atoms with Gasteiger partial charge in [-0.1, -0.05) is 48.5 Å². The maximum atomic E-state index is 12.6. The van der Waals surface area contributed by atoms with E-state index < -0.39 is 5.91 Å². The Hall–Kier alpha value is -4.06. The highest BCUT2D eigenvalue weighted by atomic mass is 16.2. The summed E-state index contributed by atoms with van der Waals surface area (Å²) >= 11 is 0. The van der Waals surface area contributed by atoms with Gasteiger partial charge in [-0.2, -0.15) is 10.2 Å². The van der Waals surface area contributed by atoms with Crippen LogP contribution in [0.15, 0.2) is 101 Å². The van der Waals surface area contributed by atoms with Crippen molar-refractivity contribution in [3.8, 4) is 0 Å². The summed E-state index contributed by atoms with van der Waals surface area (Å²) in [5, 5.41) is 13.7. The first-order chi connectivity index (χ1) is 14.1. The van der Waals surface area contributed by atoms with Crippen molar-refractivity contribution in [2.45, 2.75) is 6.92 Å². The fourth-order valence-electron chi connectivity index (χ4n) is 2.48. The molecule has 3 aromatic carbocycles. The van der Waals surface area contributed by atoms with E-state index in [1.54, 1.807) is 30.3 Å². The standard InChI is InChI=1S/C23H20N4O2/c1-17(28)24-22(16-18-8-4-2-5-9-18)23(29)25-19-12-14-21(15-13-19)27-26-20-10-6-3-7-11-20/h2-16H,1H3,(H,24,28)(H,25,29)/b22-16-,27-26?. The molecule has 0 radical (unpaired) electrons. The Balaban J connectivity index is 1.70. The average Bonchev–Trinajstić information content (AvgIpc) is 2.74. The Kier molecular flexibility index (Phi) is 6.62. The monoisotopic (exact) mass is 384 g/mol. The van der Waals surface area contributed by atoms with Gasteiger partial charge < -0.3 is 10.6 Å². The van der Waals surface area contributed by atoms with Crippen molar-refractivity contribution in [1.29, 1.82) is 0 Å². The molecule has 0 saturated carbocycles. The molecule has 0 atom stereocenters. The van der Waals surface area contributed by atoms with Crippen LogP contribution in [0.3, 0.4) is 0 Å². The summed E-state index contributed by atoms with van der Waals surface area (Å²) < 4.78 is 0. The average molecular weight is 384 g/mol. The fraction of sp³-hybridized carbons (Fsp3) is 0.0435. The molecule has 0 aliphatic carbocycles. The van der Waals surface area contributed by atoms with Gasteiger partial charge in [0.15, 0.2) is 0 Å². The third-order valence-electron chi connectivity index (χ3n) is 3.83. The van der Waals surface area contributed by atoms with Gasteiger partial charge in [0.05, 0.1) is 11.4 Å². The van der Waals surface area contributed by atoms with Crippen molar-refractivity contribution in [3.63, 3.8) is 0 Å². The number of hydrogen-bond donors (Lipinski definition) is 2. The Morgan fingerprint density at radius 1 is 0.759 bits per heavy atom. The third-order valence-corrected chi connectivity index (χ3v) is 3.83. The molecule has 144 valence electrons. The number of benzene rings is 3. The Morgan fingerprint density at radius 3 is 1.90 bits per heavy atom. The molecule has 0 aliphatic rings. The molecule has 6 heteroatoms. The lowest BCUT2D eigenvalue weighted by Gasteiger charge is -2.10. The highest BCUT2D eigenvalue weighted by Crippen LogP contribution is 2.20. The molecule has 3 rings (SSSR count). The summed E-state index contributed by atoms with van der Waals surface area (Å²) in [6.07, 6.45) is 1.62. The predicted octanol–water partition coefficient (Wildman–Crippen LogP) is 5.22. The molecular formula is C23H20N4O2. The van der Waals surface area contributed by atoms with Crippen LogP contribution in [0, 0.1) is 0 Å². The lowest BCUT2D eigenvalue weighted by molar-refractivity contribution is -0.120. The minimum absolute atomic E-state index is 0.163. The van der Waals surface area contributed by atoms with Crippen LogP contribution in [0.2, 0.25) is 0 Å². The maximum Gasteiger partial charge on any atom is 0.272 e. The van der Waals surface area contributed by atoms with Crippen LogP contribution < -0.4 is 10.6 Å². The maximum absolute atomic E-state index is 12.6. The molecule has 0 unspecified atom stereocenters. The third kappa shape index (κ3) is 6.25. The number of anilines is 1. The number of amides is 2. The molecule has 0 aromatic heterocycles. The molecule has 3 aromatic rings. The van der Waals surface area contributed by atoms with Gasteiger partial charge in [-0.05, 0) is 48.0 Å². The zero-order valence-electron chi connectivity index (χ0n) is 15.9. The van der Waals surface area contributed by atoms with Gasteiger partial charge >= 0.3 is 0 Å². The number of rotatable bonds is 6. The highest BCUT2D eigenvalue weighted by Gasteiger charge is 2.11. The van der Waals surface area contributed by atoms with E-state index >= 15 is 0 Å². The topological polar surface area (TPSA) is 82.9 Å². The molecule has 6 nitrogen and oxygen atoms in total. The quantitative estimate of drug-likeness (QED) is 0.451. The summed E-state index contributed by atoms with van der Waals surface area (Å²) in [6, 6.07) is 25.7. The van der Waals surface area contributed by atoms with Gasteiger partial charge in [-0.25, -0.2) is 0 Å². The zero-order chi connectivity index (χ0) is 20.5. The van der Waals surface area contributed by atoms with E-state index in [0.717, 1.165) is 11.3 Å². The van der Waals surface area contributed by atoms with Crippen LogP contribution in [-0.4, -0.2) is 11.8 Å². The second-order valence-corrected chi connectivity index (χ2v) is 6.19. The molecule has 0 fully saturated rings. The van der Waals surface area contributed by atoms with Crippen molar-refractivity contribution >= 4 is 35.0 Å². The molecule has 2 amide bonds. The molecule has 0 saturated heterocycles. The van der Waals surface area contributed by atoms with E-state index in [-0.39, 0.29) is 11.6 Å². The smallest absolute Gasteiger partial charge is 0.272 e. The van der Waals surface area contributed by atoms with Gasteiger partial charge in [0, 0.05) is 12.6 Å². The van der Waals surface area contributed by atoms with Crippen LogP contribution in [0.4, 0.5) is 17.1 Å². The molecule has 2 N–H and O–H groups in total. The van der Waals surface area contributed by atoms with E-state index in [2.05, 4.69) is 20.9 Å². The lowest BCUT2D eigenvalue weighted by Crippen LogP contribution is -2.28. The highest BCUT2D eigenvalue weighted by molar-refractivity contribution is 6.08. The van der Waals surface area contributed by atoms with Crippen molar-refractivity contribution in [2.75, 3.05) is 5.32 Å². The van der Waals surface area contributed by atoms with Crippen molar-refractivity contribution < 1.29 is 9.59 Å². The van der Waals surface area contributed by atoms with Crippen LogP contribution >= 0.6 is 0 Å². The lowest BCUT2D eigenvalue weighted by atomic mass is 10.2. The van der Waals surface area contributed by atoms with E-state index in [4.69, 9.17) is 0 Å². The number of nitrogens with one attached hydrogen (secondary N) is 2. The summed E-state index contributed by atoms with van der Waals surface area (Å²) in [7, 11) is 0. The SMILES string of the molecule is CC(=O)N/C(=C\c1ccccc1)C(=O)Nc1ccc(N=Nc2ccccc2)cc1. The minimum atomic E-state index is -0.414. The largest absolute Gasteiger partial charge is 0.322 e. The van der Waals surface area contributed by atoms with Gasteiger partial charge in [0.25, 0.3) is 5.91 Å². The first kappa shape index (κ1) is 19.7. The Bertz CT molecular complexity index is 1030. The van der Waals surface area contributed by atoms with E-state index in [9.17, 15) is 9.59 Å². The van der Waals surface area contributed by atoms with Gasteiger partial charge in [0.1, 0.15) is 5.70 Å². The molecule has 0 aliphatic heterocycles. The normalized spacial score (nSPS) is 11.3. The molecule has 0 bridgehead atoms. The van der Waals surface area contributed by atoms with E-state index in [0.29, 0.717) is 11.4 Å². The number of azo groups is 1. The van der Waals surface area contributed by atoms with Gasteiger partial charge in [-0.3, -0.25) is 9.59 Å². The second-order valence-electron chi connectivity index (χ2n) is 6.19. The summed E-state index contributed by atoms with van der Waals surface area (Å²) in [5.74, 6) is -0.735. The Morgan fingerprint density at radius 2 is 1.31 bits per heavy atom. The van der Waals surface area contributed by atoms with E-state index in [1.165, 1.54) is 6.92 Å². The van der Waals surface area contributed by atoms with Gasteiger partial charge in [0.2, 0.25) is 5.91 Å². The summed E-state index contributed by atoms with van der Waals surface area (Å²) in [4.78, 5) is 24.1. The van der Waals surface area contributed by atoms with Crippen LogP contribution in [-0.2, 0) is 9.59 Å². The molecule has 0 spiro atoms. The van der Waals surface area contributed by atoms with Crippen molar-refractivity contribution in [2.24, 2.45) is 10.2 Å². The number of carbonyl (C=O) groups is 2. The number of nitrogens with zero attached hydrogens (tertiary/aromatic N) is 2. The molecule has 29 heavy (non-hydrogen) atoms. The predicted molar refractivity (Wildman–Crippen MR) is 114 cm³/mol. The van der Waals surface area contributed by atoms with Crippen LogP contribution in [0.5, 0.6) is 0 Å². The van der Waals surface area contributed by atoms with Crippen LogP contribution in [0.1, 0.15) is 12.5 Å². The molecular weight excluding hydrogens is 364 g/mol. The van der Waals surface area contributed by atoms with Gasteiger partial charge in [-0.15, -0.1) is 0 Å². The number of carbonyl (C=O) groups excluding carboxylic acids is 2. The second kappa shape index (κ2) is 9.75. The van der Waals surface area contributed by atoms with Crippen LogP contribution in [0.25, 0.3) is 6.08 Å². The minimum Gasteiger partial charge on any atom is -0.322 e. The first-order valence-electron chi connectivity index (χ1n) is 9.03. The van der Waals surface area contributed by atoms with Crippen molar-refractivity contribution in [1.82, 2.24) is 5.32 Å². The van der Waals surface area contributed by atoms with E-state index in [1.807, 2.05) is 60.7 Å². The zero-order valence-corrected chi connectivity index (χ0v) is 15.9. The Labute approximate surface area is 169 Å². The summed E-state index contributed by atoms with van der Waals surface area (Å²) in [5.41, 5.74) is 2.97. The fourth-order valence-corrected chi connectivity index (χ4v) is 2.48. The number of hydrogen-bond acceptors (Lipinski definition) is 4. The first-order valence-corrected chi connectivity index (χ1v) is 9.03.